The molecule has 0 saturated carbocycles. The Balaban J connectivity index is 1.47. The SMILES string of the molecule is CC(=O)N1CCC(c2c(C(=O)NCCOc3ccc(C)cc3C)sc3ccccc23)C1. The van der Waals surface area contributed by atoms with E-state index in [1.807, 2.05) is 36.1 Å². The first-order chi connectivity index (χ1) is 14.9. The summed E-state index contributed by atoms with van der Waals surface area (Å²) in [4.78, 5) is 27.5. The van der Waals surface area contributed by atoms with E-state index in [-0.39, 0.29) is 17.7 Å². The van der Waals surface area contributed by atoms with E-state index in [0.717, 1.165) is 44.8 Å². The van der Waals surface area contributed by atoms with Gasteiger partial charge in [0.2, 0.25) is 5.91 Å². The summed E-state index contributed by atoms with van der Waals surface area (Å²) in [5.74, 6) is 1.06. The van der Waals surface area contributed by atoms with Gasteiger partial charge in [0.15, 0.2) is 0 Å². The Bertz CT molecular complexity index is 1120. The molecule has 0 radical (unpaired) electrons. The van der Waals surface area contributed by atoms with E-state index in [9.17, 15) is 9.59 Å². The third kappa shape index (κ3) is 4.59. The molecule has 162 valence electrons. The lowest BCUT2D eigenvalue weighted by Gasteiger charge is -2.15. The number of hydrogen-bond acceptors (Lipinski definition) is 4. The molecule has 0 spiro atoms. The van der Waals surface area contributed by atoms with Crippen molar-refractivity contribution < 1.29 is 14.3 Å². The number of benzene rings is 2. The third-order valence-electron chi connectivity index (χ3n) is 5.86. The molecule has 1 saturated heterocycles. The predicted octanol–water partition coefficient (Wildman–Crippen LogP) is 4.66. The third-order valence-corrected chi connectivity index (χ3v) is 7.04. The lowest BCUT2D eigenvalue weighted by Crippen LogP contribution is -2.29. The quantitative estimate of drug-likeness (QED) is 0.572. The first-order valence-corrected chi connectivity index (χ1v) is 11.5. The number of nitrogens with one attached hydrogen (secondary N) is 1. The second-order valence-corrected chi connectivity index (χ2v) is 9.22. The highest BCUT2D eigenvalue weighted by atomic mass is 32.1. The highest BCUT2D eigenvalue weighted by Gasteiger charge is 2.31. The molecule has 2 aromatic carbocycles. The van der Waals surface area contributed by atoms with E-state index in [1.54, 1.807) is 6.92 Å². The van der Waals surface area contributed by atoms with Crippen LogP contribution in [0.3, 0.4) is 0 Å². The summed E-state index contributed by atoms with van der Waals surface area (Å²) in [7, 11) is 0. The van der Waals surface area contributed by atoms with Crippen LogP contribution in [0.2, 0.25) is 0 Å². The monoisotopic (exact) mass is 436 g/mol. The fourth-order valence-electron chi connectivity index (χ4n) is 4.29. The molecule has 1 unspecified atom stereocenters. The molecule has 5 nitrogen and oxygen atoms in total. The van der Waals surface area contributed by atoms with Crippen molar-refractivity contribution in [1.82, 2.24) is 10.2 Å². The molecule has 31 heavy (non-hydrogen) atoms. The summed E-state index contributed by atoms with van der Waals surface area (Å²) >= 11 is 1.53. The Morgan fingerprint density at radius 1 is 1.19 bits per heavy atom. The van der Waals surface area contributed by atoms with Crippen LogP contribution in [0.4, 0.5) is 0 Å². The molecule has 1 aliphatic rings. The van der Waals surface area contributed by atoms with Crippen molar-refractivity contribution in [3.8, 4) is 5.75 Å². The van der Waals surface area contributed by atoms with Crippen molar-refractivity contribution in [1.29, 1.82) is 0 Å². The Hall–Kier alpha value is -2.86. The molecule has 1 aliphatic heterocycles. The van der Waals surface area contributed by atoms with E-state index in [2.05, 4.69) is 30.4 Å². The molecule has 1 fully saturated rings. The minimum absolute atomic E-state index is 0.0679. The molecule has 1 atom stereocenters. The van der Waals surface area contributed by atoms with E-state index >= 15 is 0 Å². The summed E-state index contributed by atoms with van der Waals surface area (Å²) in [5, 5.41) is 4.15. The molecule has 4 rings (SSSR count). The van der Waals surface area contributed by atoms with Crippen molar-refractivity contribution in [2.45, 2.75) is 33.1 Å². The minimum Gasteiger partial charge on any atom is -0.491 e. The average molecular weight is 437 g/mol. The van der Waals surface area contributed by atoms with Crippen molar-refractivity contribution in [3.05, 3.63) is 64.0 Å². The number of ether oxygens (including phenoxy) is 1. The van der Waals surface area contributed by atoms with E-state index < -0.39 is 0 Å². The van der Waals surface area contributed by atoms with E-state index in [4.69, 9.17) is 4.74 Å². The number of hydrogen-bond donors (Lipinski definition) is 1. The fourth-order valence-corrected chi connectivity index (χ4v) is 5.49. The van der Waals surface area contributed by atoms with Crippen LogP contribution in [0.15, 0.2) is 42.5 Å². The minimum atomic E-state index is -0.0679. The van der Waals surface area contributed by atoms with Gasteiger partial charge in [0.05, 0.1) is 11.4 Å². The summed E-state index contributed by atoms with van der Waals surface area (Å²) in [6, 6.07) is 14.2. The highest BCUT2D eigenvalue weighted by molar-refractivity contribution is 7.21. The van der Waals surface area contributed by atoms with E-state index in [0.29, 0.717) is 19.7 Å². The summed E-state index contributed by atoms with van der Waals surface area (Å²) in [6.45, 7) is 7.95. The van der Waals surface area contributed by atoms with Crippen LogP contribution < -0.4 is 10.1 Å². The topological polar surface area (TPSA) is 58.6 Å². The molecule has 2 amide bonds. The van der Waals surface area contributed by atoms with Gasteiger partial charge in [-0.25, -0.2) is 0 Å². The molecule has 1 aromatic heterocycles. The van der Waals surface area contributed by atoms with Gasteiger partial charge in [0.1, 0.15) is 12.4 Å². The molecule has 2 heterocycles. The van der Waals surface area contributed by atoms with Gasteiger partial charge in [0, 0.05) is 30.6 Å². The van der Waals surface area contributed by atoms with Gasteiger partial charge >= 0.3 is 0 Å². The number of fused-ring (bicyclic) bond motifs is 1. The molecule has 6 heteroatoms. The van der Waals surface area contributed by atoms with Crippen molar-refractivity contribution in [2.75, 3.05) is 26.2 Å². The summed E-state index contributed by atoms with van der Waals surface area (Å²) in [5.41, 5.74) is 3.37. The maximum atomic E-state index is 13.1. The zero-order chi connectivity index (χ0) is 22.0. The van der Waals surface area contributed by atoms with Crippen molar-refractivity contribution in [3.63, 3.8) is 0 Å². The predicted molar refractivity (Wildman–Crippen MR) is 125 cm³/mol. The number of nitrogens with zero attached hydrogens (tertiary/aromatic N) is 1. The molecule has 1 N–H and O–H groups in total. The number of thiophene rings is 1. The number of aryl methyl sites for hydroxylation is 2. The van der Waals surface area contributed by atoms with Gasteiger partial charge in [-0.15, -0.1) is 11.3 Å². The van der Waals surface area contributed by atoms with Gasteiger partial charge in [-0.1, -0.05) is 35.9 Å². The first kappa shape index (κ1) is 21.4. The Morgan fingerprint density at radius 2 is 2.00 bits per heavy atom. The Morgan fingerprint density at radius 3 is 2.74 bits per heavy atom. The Kier molecular flexibility index (Phi) is 6.28. The zero-order valence-electron chi connectivity index (χ0n) is 18.2. The van der Waals surface area contributed by atoms with Crippen LogP contribution in [0.1, 0.15) is 45.6 Å². The number of amides is 2. The summed E-state index contributed by atoms with van der Waals surface area (Å²) < 4.78 is 6.96. The molecular formula is C25H28N2O3S. The van der Waals surface area contributed by atoms with Crippen molar-refractivity contribution in [2.24, 2.45) is 0 Å². The second kappa shape index (κ2) is 9.10. The van der Waals surface area contributed by atoms with E-state index in [1.165, 1.54) is 16.9 Å². The number of likely N-dealkylation sites (tertiary alicyclic amines) is 1. The van der Waals surface area contributed by atoms with Crippen LogP contribution in [0.5, 0.6) is 5.75 Å². The normalized spacial score (nSPS) is 16.0. The molecule has 3 aromatic rings. The lowest BCUT2D eigenvalue weighted by molar-refractivity contribution is -0.127. The van der Waals surface area contributed by atoms with Gasteiger partial charge in [-0.2, -0.15) is 0 Å². The Labute approximate surface area is 187 Å². The van der Waals surface area contributed by atoms with Gasteiger partial charge in [-0.05, 0) is 48.9 Å². The van der Waals surface area contributed by atoms with Gasteiger partial charge in [0.25, 0.3) is 5.91 Å². The second-order valence-electron chi connectivity index (χ2n) is 8.16. The lowest BCUT2D eigenvalue weighted by atomic mass is 9.95. The fraction of sp³-hybridized carbons (Fsp3) is 0.360. The summed E-state index contributed by atoms with van der Waals surface area (Å²) in [6.07, 6.45) is 0.885. The molecule has 0 aliphatic carbocycles. The molecular weight excluding hydrogens is 408 g/mol. The number of carbonyl (C=O) groups is 2. The smallest absolute Gasteiger partial charge is 0.261 e. The maximum Gasteiger partial charge on any atom is 0.261 e. The van der Waals surface area contributed by atoms with Crippen LogP contribution in [-0.2, 0) is 4.79 Å². The maximum absolute atomic E-state index is 13.1. The standard InChI is InChI=1S/C25H28N2O3S/c1-16-8-9-21(17(2)14-16)30-13-11-26-25(29)24-23(19-10-12-27(15-19)18(3)28)20-6-4-5-7-22(20)31-24/h4-9,14,19H,10-13,15H2,1-3H3,(H,26,29). The van der Waals surface area contributed by atoms with Gasteiger partial charge in [-0.3, -0.25) is 9.59 Å². The van der Waals surface area contributed by atoms with Crippen LogP contribution in [0.25, 0.3) is 10.1 Å². The van der Waals surface area contributed by atoms with Gasteiger partial charge < -0.3 is 15.0 Å². The number of rotatable bonds is 6. The average Bonchev–Trinajstić information content (AvgIpc) is 3.37. The largest absolute Gasteiger partial charge is 0.491 e. The zero-order valence-corrected chi connectivity index (χ0v) is 19.1. The van der Waals surface area contributed by atoms with Crippen LogP contribution >= 0.6 is 11.3 Å². The molecule has 0 bridgehead atoms. The van der Waals surface area contributed by atoms with Crippen molar-refractivity contribution >= 4 is 33.2 Å². The van der Waals surface area contributed by atoms with Crippen LogP contribution in [-0.4, -0.2) is 43.0 Å². The highest BCUT2D eigenvalue weighted by Crippen LogP contribution is 2.40. The van der Waals surface area contributed by atoms with Crippen LogP contribution in [0, 0.1) is 13.8 Å². The number of carbonyl (C=O) groups excluding carboxylic acids is 2. The first-order valence-electron chi connectivity index (χ1n) is 10.7.